The number of nitrogens with zero attached hydrogens (tertiary/aromatic N) is 9. The quantitative estimate of drug-likeness (QED) is 0.225. The SMILES string of the molecule is Cc1cc(Sc2nnnn2CCN(C)C)n2nc(SCc3cccc4ccccc34)nc2n1.Cl. The summed E-state index contributed by atoms with van der Waals surface area (Å²) in [7, 11) is 4.06. The number of thioether (sulfide) groups is 1. The molecule has 0 amide bonds. The molecule has 12 heteroatoms. The fraction of sp³-hybridized carbons (Fsp3) is 0.273. The lowest BCUT2D eigenvalue weighted by atomic mass is 10.1. The van der Waals surface area contributed by atoms with Gasteiger partial charge in [0, 0.05) is 18.0 Å². The summed E-state index contributed by atoms with van der Waals surface area (Å²) in [5.74, 6) is 1.35. The van der Waals surface area contributed by atoms with Crippen LogP contribution in [0.15, 0.2) is 63.9 Å². The van der Waals surface area contributed by atoms with Crippen LogP contribution in [0.1, 0.15) is 11.3 Å². The van der Waals surface area contributed by atoms with Gasteiger partial charge in [0.05, 0.1) is 6.54 Å². The zero-order chi connectivity index (χ0) is 22.8. The summed E-state index contributed by atoms with van der Waals surface area (Å²) in [5, 5.41) is 21.7. The van der Waals surface area contributed by atoms with Crippen LogP contribution in [0.5, 0.6) is 0 Å². The van der Waals surface area contributed by atoms with Crippen molar-refractivity contribution in [1.82, 2.24) is 44.7 Å². The molecule has 0 atom stereocenters. The number of hydrogen-bond donors (Lipinski definition) is 0. The summed E-state index contributed by atoms with van der Waals surface area (Å²) >= 11 is 3.07. The number of aryl methyl sites for hydroxylation is 1. The lowest BCUT2D eigenvalue weighted by Crippen LogP contribution is -2.19. The van der Waals surface area contributed by atoms with E-state index >= 15 is 0 Å². The van der Waals surface area contributed by atoms with Crippen LogP contribution in [0.4, 0.5) is 0 Å². The predicted octanol–water partition coefficient (Wildman–Crippen LogP) is 4.00. The Morgan fingerprint density at radius 3 is 2.71 bits per heavy atom. The van der Waals surface area contributed by atoms with Crippen molar-refractivity contribution in [3.8, 4) is 0 Å². The number of likely N-dealkylation sites (N-methyl/N-ethyl adjacent to an activating group) is 1. The van der Waals surface area contributed by atoms with Gasteiger partial charge in [0.15, 0.2) is 0 Å². The summed E-state index contributed by atoms with van der Waals surface area (Å²) < 4.78 is 3.58. The fourth-order valence-electron chi connectivity index (χ4n) is 3.43. The Kier molecular flexibility index (Phi) is 7.67. The summed E-state index contributed by atoms with van der Waals surface area (Å²) in [6, 6.07) is 16.8. The van der Waals surface area contributed by atoms with Crippen LogP contribution in [0.3, 0.4) is 0 Å². The Hall–Kier alpha value is -2.73. The van der Waals surface area contributed by atoms with Crippen molar-refractivity contribution in [3.05, 3.63) is 59.8 Å². The van der Waals surface area contributed by atoms with E-state index in [0.29, 0.717) is 22.6 Å². The first kappa shape index (κ1) is 24.4. The average Bonchev–Trinajstić information content (AvgIpc) is 3.42. The molecule has 176 valence electrons. The molecule has 34 heavy (non-hydrogen) atoms. The van der Waals surface area contributed by atoms with E-state index in [1.54, 1.807) is 21.0 Å². The maximum atomic E-state index is 4.73. The largest absolute Gasteiger partial charge is 0.308 e. The highest BCUT2D eigenvalue weighted by Crippen LogP contribution is 2.29. The molecule has 3 aromatic heterocycles. The molecular formula is C22H24ClN9S2. The van der Waals surface area contributed by atoms with Crippen molar-refractivity contribution in [2.24, 2.45) is 0 Å². The molecule has 9 nitrogen and oxygen atoms in total. The van der Waals surface area contributed by atoms with Crippen LogP contribution in [-0.2, 0) is 12.3 Å². The molecule has 0 saturated carbocycles. The normalized spacial score (nSPS) is 11.4. The minimum Gasteiger partial charge on any atom is -0.308 e. The van der Waals surface area contributed by atoms with Gasteiger partial charge in [-0.2, -0.15) is 9.50 Å². The van der Waals surface area contributed by atoms with Crippen molar-refractivity contribution >= 4 is 52.5 Å². The van der Waals surface area contributed by atoms with Gasteiger partial charge in [-0.1, -0.05) is 54.2 Å². The van der Waals surface area contributed by atoms with Gasteiger partial charge < -0.3 is 4.90 Å². The predicted molar refractivity (Wildman–Crippen MR) is 137 cm³/mol. The number of rotatable bonds is 8. The van der Waals surface area contributed by atoms with E-state index in [-0.39, 0.29) is 12.4 Å². The molecule has 0 aliphatic heterocycles. The lowest BCUT2D eigenvalue weighted by molar-refractivity contribution is 0.361. The molecule has 0 aliphatic rings. The molecule has 5 rings (SSSR count). The molecule has 2 aromatic carbocycles. The molecule has 3 heterocycles. The van der Waals surface area contributed by atoms with E-state index in [0.717, 1.165) is 23.0 Å². The topological polar surface area (TPSA) is 89.9 Å². The number of tetrazole rings is 1. The number of fused-ring (bicyclic) bond motifs is 2. The number of halogens is 1. The highest BCUT2D eigenvalue weighted by Gasteiger charge is 2.16. The third-order valence-electron chi connectivity index (χ3n) is 5.08. The van der Waals surface area contributed by atoms with E-state index in [1.165, 1.54) is 28.1 Å². The van der Waals surface area contributed by atoms with Gasteiger partial charge in [-0.05, 0) is 65.6 Å². The Labute approximate surface area is 211 Å². The van der Waals surface area contributed by atoms with E-state index in [2.05, 4.69) is 72.9 Å². The van der Waals surface area contributed by atoms with Gasteiger partial charge in [-0.25, -0.2) is 9.67 Å². The standard InChI is InChI=1S/C22H23N9S2.ClH/c1-15-13-19(33-22-25-27-28-30(22)12-11-29(2)3)31-20(23-15)24-21(26-31)32-14-17-9-6-8-16-7-4-5-10-18(16)17;/h4-10,13H,11-12,14H2,1-3H3;1H. The van der Waals surface area contributed by atoms with Gasteiger partial charge in [0.1, 0.15) is 5.03 Å². The molecule has 0 bridgehead atoms. The Bertz CT molecular complexity index is 1410. The first-order valence-corrected chi connectivity index (χ1v) is 12.3. The zero-order valence-electron chi connectivity index (χ0n) is 19.0. The summed E-state index contributed by atoms with van der Waals surface area (Å²) in [6.45, 7) is 3.51. The summed E-state index contributed by atoms with van der Waals surface area (Å²) in [5.41, 5.74) is 2.13. The average molecular weight is 514 g/mol. The Balaban J connectivity index is 0.00000274. The van der Waals surface area contributed by atoms with E-state index in [1.807, 2.05) is 27.1 Å². The summed E-state index contributed by atoms with van der Waals surface area (Å²) in [6.07, 6.45) is 0. The molecule has 0 aliphatic carbocycles. The maximum Gasteiger partial charge on any atom is 0.254 e. The third-order valence-corrected chi connectivity index (χ3v) is 6.94. The van der Waals surface area contributed by atoms with Crippen molar-refractivity contribution in [2.45, 2.75) is 34.6 Å². The van der Waals surface area contributed by atoms with Crippen molar-refractivity contribution in [2.75, 3.05) is 20.6 Å². The highest BCUT2D eigenvalue weighted by atomic mass is 35.5. The molecule has 0 fully saturated rings. The Morgan fingerprint density at radius 2 is 1.85 bits per heavy atom. The number of hydrogen-bond acceptors (Lipinski definition) is 9. The zero-order valence-corrected chi connectivity index (χ0v) is 21.4. The fourth-order valence-corrected chi connectivity index (χ4v) is 5.19. The first-order valence-electron chi connectivity index (χ1n) is 10.5. The third kappa shape index (κ3) is 5.33. The molecule has 5 aromatic rings. The van der Waals surface area contributed by atoms with Crippen molar-refractivity contribution in [1.29, 1.82) is 0 Å². The second-order valence-corrected chi connectivity index (χ2v) is 9.79. The van der Waals surface area contributed by atoms with Gasteiger partial charge in [-0.15, -0.1) is 22.6 Å². The second kappa shape index (κ2) is 10.7. The monoisotopic (exact) mass is 513 g/mol. The molecule has 0 spiro atoms. The minimum absolute atomic E-state index is 0. The van der Waals surface area contributed by atoms with E-state index in [9.17, 15) is 0 Å². The number of benzene rings is 2. The van der Waals surface area contributed by atoms with E-state index < -0.39 is 0 Å². The van der Waals surface area contributed by atoms with Gasteiger partial charge in [-0.3, -0.25) is 0 Å². The van der Waals surface area contributed by atoms with E-state index in [4.69, 9.17) is 5.10 Å². The van der Waals surface area contributed by atoms with Crippen LogP contribution in [0.2, 0.25) is 0 Å². The first-order chi connectivity index (χ1) is 16.1. The summed E-state index contributed by atoms with van der Waals surface area (Å²) in [4.78, 5) is 11.3. The molecule has 0 unspecified atom stereocenters. The van der Waals surface area contributed by atoms with Gasteiger partial charge in [0.2, 0.25) is 10.3 Å². The highest BCUT2D eigenvalue weighted by molar-refractivity contribution is 7.99. The molecule has 0 radical (unpaired) electrons. The Morgan fingerprint density at radius 1 is 1.03 bits per heavy atom. The van der Waals surface area contributed by atoms with Gasteiger partial charge >= 0.3 is 0 Å². The molecular weight excluding hydrogens is 490 g/mol. The van der Waals surface area contributed by atoms with Crippen LogP contribution in [-0.4, -0.2) is 65.3 Å². The number of aromatic nitrogens is 8. The van der Waals surface area contributed by atoms with Crippen LogP contribution in [0.25, 0.3) is 16.6 Å². The van der Waals surface area contributed by atoms with Crippen LogP contribution < -0.4 is 0 Å². The maximum absolute atomic E-state index is 4.73. The van der Waals surface area contributed by atoms with Gasteiger partial charge in [0.25, 0.3) is 5.78 Å². The van der Waals surface area contributed by atoms with Crippen molar-refractivity contribution in [3.63, 3.8) is 0 Å². The molecule has 0 N–H and O–H groups in total. The van der Waals surface area contributed by atoms with Crippen molar-refractivity contribution < 1.29 is 0 Å². The minimum atomic E-state index is 0. The molecule has 0 saturated heterocycles. The second-order valence-electron chi connectivity index (χ2n) is 7.86. The van der Waals surface area contributed by atoms with Crippen LogP contribution >= 0.6 is 35.9 Å². The lowest BCUT2D eigenvalue weighted by Gasteiger charge is -2.10. The van der Waals surface area contributed by atoms with Crippen LogP contribution in [0, 0.1) is 6.92 Å². The smallest absolute Gasteiger partial charge is 0.254 e.